The summed E-state index contributed by atoms with van der Waals surface area (Å²) in [6, 6.07) is 15.1. The lowest BCUT2D eigenvalue weighted by atomic mass is 9.99. The molecule has 0 spiro atoms. The van der Waals surface area contributed by atoms with Crippen LogP contribution in [-0.2, 0) is 0 Å². The largest absolute Gasteiger partial charge is 0.276 e. The predicted octanol–water partition coefficient (Wildman–Crippen LogP) is 5.03. The standard InChI is InChI=1S/C15H8Cl2O/c16-10-6-4-9-5-7-12-11(14(9)8-10)2-1-3-13(12)15(17)18/h1-8H. The van der Waals surface area contributed by atoms with Crippen molar-refractivity contribution in [1.82, 2.24) is 0 Å². The van der Waals surface area contributed by atoms with Crippen molar-refractivity contribution < 1.29 is 4.79 Å². The molecule has 0 N–H and O–H groups in total. The van der Waals surface area contributed by atoms with E-state index in [0.717, 1.165) is 21.5 Å². The molecule has 0 fully saturated rings. The number of benzene rings is 3. The third kappa shape index (κ3) is 1.76. The first-order chi connectivity index (χ1) is 8.66. The van der Waals surface area contributed by atoms with Crippen LogP contribution in [0.1, 0.15) is 10.4 Å². The molecule has 0 aliphatic carbocycles. The van der Waals surface area contributed by atoms with E-state index in [1.54, 1.807) is 6.07 Å². The smallest absolute Gasteiger partial charge is 0.253 e. The molecule has 18 heavy (non-hydrogen) atoms. The van der Waals surface area contributed by atoms with Gasteiger partial charge in [0, 0.05) is 10.6 Å². The minimum Gasteiger partial charge on any atom is -0.276 e. The Morgan fingerprint density at radius 1 is 0.889 bits per heavy atom. The van der Waals surface area contributed by atoms with Gasteiger partial charge in [-0.2, -0.15) is 0 Å². The lowest BCUT2D eigenvalue weighted by Gasteiger charge is -2.06. The normalized spacial score (nSPS) is 11.0. The summed E-state index contributed by atoms with van der Waals surface area (Å²) in [7, 11) is 0. The van der Waals surface area contributed by atoms with Gasteiger partial charge in [-0.1, -0.05) is 41.9 Å². The Labute approximate surface area is 114 Å². The maximum atomic E-state index is 11.4. The van der Waals surface area contributed by atoms with Crippen LogP contribution < -0.4 is 0 Å². The monoisotopic (exact) mass is 274 g/mol. The number of halogens is 2. The average molecular weight is 275 g/mol. The summed E-state index contributed by atoms with van der Waals surface area (Å²) in [5.74, 6) is 0. The third-order valence-corrected chi connectivity index (χ3v) is 3.49. The first-order valence-electron chi connectivity index (χ1n) is 5.47. The second kappa shape index (κ2) is 4.27. The summed E-state index contributed by atoms with van der Waals surface area (Å²) in [5, 5.41) is 4.19. The minimum absolute atomic E-state index is 0.443. The molecule has 0 aliphatic rings. The van der Waals surface area contributed by atoms with E-state index in [4.69, 9.17) is 23.2 Å². The molecule has 3 heteroatoms. The van der Waals surface area contributed by atoms with Gasteiger partial charge in [0.1, 0.15) is 0 Å². The highest BCUT2D eigenvalue weighted by Crippen LogP contribution is 2.30. The number of hydrogen-bond donors (Lipinski definition) is 0. The molecule has 0 bridgehead atoms. The van der Waals surface area contributed by atoms with Gasteiger partial charge in [0.15, 0.2) is 0 Å². The van der Waals surface area contributed by atoms with Crippen molar-refractivity contribution in [2.45, 2.75) is 0 Å². The Kier molecular flexibility index (Phi) is 2.73. The average Bonchev–Trinajstić information content (AvgIpc) is 2.37. The highest BCUT2D eigenvalue weighted by molar-refractivity contribution is 6.68. The molecular formula is C15H8Cl2O. The van der Waals surface area contributed by atoms with Crippen LogP contribution in [0.5, 0.6) is 0 Å². The first kappa shape index (κ1) is 11.5. The zero-order valence-corrected chi connectivity index (χ0v) is 10.8. The van der Waals surface area contributed by atoms with E-state index in [9.17, 15) is 4.79 Å². The zero-order chi connectivity index (χ0) is 12.7. The fraction of sp³-hybridized carbons (Fsp3) is 0. The van der Waals surface area contributed by atoms with Crippen molar-refractivity contribution in [3.63, 3.8) is 0 Å². The quantitative estimate of drug-likeness (QED) is 0.450. The fourth-order valence-electron chi connectivity index (χ4n) is 2.23. The number of fused-ring (bicyclic) bond motifs is 3. The van der Waals surface area contributed by atoms with Crippen molar-refractivity contribution in [2.75, 3.05) is 0 Å². The maximum Gasteiger partial charge on any atom is 0.253 e. The van der Waals surface area contributed by atoms with Gasteiger partial charge in [0.2, 0.25) is 0 Å². The van der Waals surface area contributed by atoms with E-state index in [0.29, 0.717) is 10.6 Å². The fourth-order valence-corrected chi connectivity index (χ4v) is 2.57. The number of hydrogen-bond acceptors (Lipinski definition) is 1. The molecule has 0 atom stereocenters. The van der Waals surface area contributed by atoms with Crippen LogP contribution in [-0.4, -0.2) is 5.24 Å². The molecule has 0 saturated heterocycles. The van der Waals surface area contributed by atoms with E-state index in [-0.39, 0.29) is 0 Å². The minimum atomic E-state index is -0.443. The van der Waals surface area contributed by atoms with Gasteiger partial charge in [0.25, 0.3) is 5.24 Å². The van der Waals surface area contributed by atoms with Crippen LogP contribution in [0.4, 0.5) is 0 Å². The molecule has 88 valence electrons. The van der Waals surface area contributed by atoms with Crippen LogP contribution in [0, 0.1) is 0 Å². The van der Waals surface area contributed by atoms with Crippen LogP contribution in [0.25, 0.3) is 21.5 Å². The van der Waals surface area contributed by atoms with Crippen LogP contribution in [0.2, 0.25) is 5.02 Å². The van der Waals surface area contributed by atoms with Crippen LogP contribution in [0.15, 0.2) is 48.5 Å². The van der Waals surface area contributed by atoms with Crippen molar-refractivity contribution in [2.24, 2.45) is 0 Å². The molecular weight excluding hydrogens is 267 g/mol. The molecule has 3 aromatic rings. The molecule has 0 heterocycles. The summed E-state index contributed by atoms with van der Waals surface area (Å²) >= 11 is 11.6. The lowest BCUT2D eigenvalue weighted by Crippen LogP contribution is -1.90. The van der Waals surface area contributed by atoms with E-state index in [1.807, 2.05) is 42.5 Å². The summed E-state index contributed by atoms with van der Waals surface area (Å²) < 4.78 is 0. The van der Waals surface area contributed by atoms with Crippen molar-refractivity contribution in [1.29, 1.82) is 0 Å². The molecule has 0 aromatic heterocycles. The summed E-state index contributed by atoms with van der Waals surface area (Å²) in [6.45, 7) is 0. The predicted molar refractivity (Wildman–Crippen MR) is 76.6 cm³/mol. The highest BCUT2D eigenvalue weighted by Gasteiger charge is 2.09. The van der Waals surface area contributed by atoms with Gasteiger partial charge in [-0.05, 0) is 51.3 Å². The van der Waals surface area contributed by atoms with Gasteiger partial charge >= 0.3 is 0 Å². The zero-order valence-electron chi connectivity index (χ0n) is 9.28. The molecule has 3 aromatic carbocycles. The summed E-state index contributed by atoms with van der Waals surface area (Å²) in [4.78, 5) is 11.4. The third-order valence-electron chi connectivity index (χ3n) is 3.05. The number of carbonyl (C=O) groups excluding carboxylic acids is 1. The summed E-state index contributed by atoms with van der Waals surface area (Å²) in [6.07, 6.45) is 0. The molecule has 0 aliphatic heterocycles. The Bertz CT molecular complexity index is 778. The van der Waals surface area contributed by atoms with E-state index < -0.39 is 5.24 Å². The Hall–Kier alpha value is -1.57. The topological polar surface area (TPSA) is 17.1 Å². The Morgan fingerprint density at radius 2 is 1.67 bits per heavy atom. The number of rotatable bonds is 1. The molecule has 0 unspecified atom stereocenters. The molecule has 0 radical (unpaired) electrons. The van der Waals surface area contributed by atoms with E-state index >= 15 is 0 Å². The SMILES string of the molecule is O=C(Cl)c1cccc2c1ccc1ccc(Cl)cc12. The van der Waals surface area contributed by atoms with Crippen molar-refractivity contribution >= 4 is 50.0 Å². The molecule has 1 nitrogen and oxygen atoms in total. The number of carbonyl (C=O) groups is 1. The summed E-state index contributed by atoms with van der Waals surface area (Å²) in [5.41, 5.74) is 0.524. The Balaban J connectivity index is 2.51. The van der Waals surface area contributed by atoms with Gasteiger partial charge in [-0.15, -0.1) is 0 Å². The van der Waals surface area contributed by atoms with Crippen LogP contribution >= 0.6 is 23.2 Å². The van der Waals surface area contributed by atoms with E-state index in [1.165, 1.54) is 0 Å². The second-order valence-electron chi connectivity index (χ2n) is 4.11. The molecule has 3 rings (SSSR count). The first-order valence-corrected chi connectivity index (χ1v) is 6.23. The van der Waals surface area contributed by atoms with Gasteiger partial charge < -0.3 is 0 Å². The lowest BCUT2D eigenvalue weighted by molar-refractivity contribution is 0.108. The van der Waals surface area contributed by atoms with Gasteiger partial charge in [-0.3, -0.25) is 4.79 Å². The van der Waals surface area contributed by atoms with Gasteiger partial charge in [-0.25, -0.2) is 0 Å². The second-order valence-corrected chi connectivity index (χ2v) is 4.89. The van der Waals surface area contributed by atoms with Crippen molar-refractivity contribution in [3.05, 3.63) is 59.1 Å². The van der Waals surface area contributed by atoms with E-state index in [2.05, 4.69) is 0 Å². The van der Waals surface area contributed by atoms with Crippen molar-refractivity contribution in [3.8, 4) is 0 Å². The molecule has 0 amide bonds. The highest BCUT2D eigenvalue weighted by atomic mass is 35.5. The molecule has 0 saturated carbocycles. The van der Waals surface area contributed by atoms with Crippen LogP contribution in [0.3, 0.4) is 0 Å². The Morgan fingerprint density at radius 3 is 2.44 bits per heavy atom. The van der Waals surface area contributed by atoms with Gasteiger partial charge in [0.05, 0.1) is 0 Å². The maximum absolute atomic E-state index is 11.4.